The fourth-order valence-electron chi connectivity index (χ4n) is 4.47. The molecule has 1 amide bonds. The van der Waals surface area contributed by atoms with Crippen LogP contribution in [-0.4, -0.2) is 29.2 Å². The first-order chi connectivity index (χ1) is 12.1. The maximum Gasteiger partial charge on any atom is 0.310 e. The predicted octanol–water partition coefficient (Wildman–Crippen LogP) is 2.71. The lowest BCUT2D eigenvalue weighted by atomic mass is 9.79. The van der Waals surface area contributed by atoms with E-state index in [1.165, 1.54) is 16.2 Å². The number of thiophene rings is 1. The molecule has 132 valence electrons. The van der Waals surface area contributed by atoms with Crippen LogP contribution in [0.4, 0.5) is 5.00 Å². The molecular formula is C18H20N2O4S. The number of nitrogens with zero attached hydrogens (tertiary/aromatic N) is 1. The molecule has 2 saturated heterocycles. The Labute approximate surface area is 149 Å². The lowest BCUT2D eigenvalue weighted by Crippen LogP contribution is -2.40. The van der Waals surface area contributed by atoms with Crippen molar-refractivity contribution >= 4 is 28.2 Å². The van der Waals surface area contributed by atoms with Crippen LogP contribution < -0.4 is 5.32 Å². The Bertz CT molecular complexity index is 766. The fraction of sp³-hybridized carbons (Fsp3) is 0.611. The number of carboxylic acid groups (broad SMARTS) is 1. The molecule has 4 rings (SSSR count). The van der Waals surface area contributed by atoms with E-state index in [-0.39, 0.29) is 18.1 Å². The van der Waals surface area contributed by atoms with Crippen molar-refractivity contribution in [1.82, 2.24) is 0 Å². The fourth-order valence-corrected chi connectivity index (χ4v) is 5.71. The van der Waals surface area contributed by atoms with Gasteiger partial charge in [0.1, 0.15) is 11.1 Å². The smallest absolute Gasteiger partial charge is 0.310 e. The van der Waals surface area contributed by atoms with Crippen molar-refractivity contribution in [3.05, 3.63) is 16.0 Å². The molecule has 4 atom stereocenters. The summed E-state index contributed by atoms with van der Waals surface area (Å²) in [6.07, 6.45) is 5.87. The van der Waals surface area contributed by atoms with Crippen molar-refractivity contribution < 1.29 is 19.4 Å². The first-order valence-electron chi connectivity index (χ1n) is 8.84. The Hall–Kier alpha value is -1.91. The molecular weight excluding hydrogens is 340 g/mol. The van der Waals surface area contributed by atoms with Crippen LogP contribution in [0, 0.1) is 23.2 Å². The number of carbonyl (C=O) groups is 2. The standard InChI is InChI=1S/C18H20N2O4S/c19-8-10-9-4-2-1-3-5-13(9)25-17(10)20-16(21)14-11-6-7-12(24-11)15(14)18(22)23/h11-12,14-15H,1-7H2,(H,20,21)(H,22,23)/t11-,12-,14+,15-/m0/s1. The summed E-state index contributed by atoms with van der Waals surface area (Å²) in [7, 11) is 0. The molecule has 7 heteroatoms. The highest BCUT2D eigenvalue weighted by Crippen LogP contribution is 2.45. The molecule has 25 heavy (non-hydrogen) atoms. The third-order valence-electron chi connectivity index (χ3n) is 5.63. The number of amides is 1. The van der Waals surface area contributed by atoms with Gasteiger partial charge in [-0.05, 0) is 44.1 Å². The first-order valence-corrected chi connectivity index (χ1v) is 9.65. The quantitative estimate of drug-likeness (QED) is 0.808. The van der Waals surface area contributed by atoms with Gasteiger partial charge in [0.05, 0.1) is 29.6 Å². The average molecular weight is 360 g/mol. The highest BCUT2D eigenvalue weighted by Gasteiger charge is 2.55. The van der Waals surface area contributed by atoms with E-state index in [0.717, 1.165) is 44.1 Å². The minimum atomic E-state index is -0.977. The molecule has 2 bridgehead atoms. The molecule has 2 fully saturated rings. The van der Waals surface area contributed by atoms with Gasteiger partial charge in [0.2, 0.25) is 5.91 Å². The SMILES string of the molecule is N#Cc1c(NC(=O)[C@H]2[C@@H](C(=O)O)[C@@H]3CC[C@@H]2O3)sc2c1CCCCC2. The summed E-state index contributed by atoms with van der Waals surface area (Å²) in [6.45, 7) is 0. The van der Waals surface area contributed by atoms with Gasteiger partial charge >= 0.3 is 5.97 Å². The van der Waals surface area contributed by atoms with Gasteiger partial charge in [-0.25, -0.2) is 0 Å². The normalized spacial score (nSPS) is 30.4. The number of carbonyl (C=O) groups excluding carboxylic acids is 1. The number of ether oxygens (including phenoxy) is 1. The highest BCUT2D eigenvalue weighted by atomic mass is 32.1. The molecule has 0 spiro atoms. The monoisotopic (exact) mass is 360 g/mol. The number of nitriles is 1. The van der Waals surface area contributed by atoms with Gasteiger partial charge in [-0.1, -0.05) is 6.42 Å². The zero-order chi connectivity index (χ0) is 17.6. The minimum Gasteiger partial charge on any atom is -0.481 e. The molecule has 0 saturated carbocycles. The van der Waals surface area contributed by atoms with Gasteiger partial charge in [0, 0.05) is 4.88 Å². The second-order valence-electron chi connectivity index (χ2n) is 7.05. The van der Waals surface area contributed by atoms with Crippen LogP contribution in [-0.2, 0) is 27.2 Å². The van der Waals surface area contributed by atoms with E-state index >= 15 is 0 Å². The van der Waals surface area contributed by atoms with Gasteiger partial charge in [0.25, 0.3) is 0 Å². The third-order valence-corrected chi connectivity index (χ3v) is 6.84. The summed E-state index contributed by atoms with van der Waals surface area (Å²) in [6, 6.07) is 2.24. The van der Waals surface area contributed by atoms with Crippen LogP contribution in [0.2, 0.25) is 0 Å². The Morgan fingerprint density at radius 1 is 1.16 bits per heavy atom. The Balaban J connectivity index is 1.59. The van der Waals surface area contributed by atoms with Gasteiger partial charge in [-0.2, -0.15) is 5.26 Å². The predicted molar refractivity (Wildman–Crippen MR) is 91.4 cm³/mol. The largest absolute Gasteiger partial charge is 0.481 e. The second-order valence-corrected chi connectivity index (χ2v) is 8.15. The van der Waals surface area contributed by atoms with Crippen molar-refractivity contribution in [1.29, 1.82) is 5.26 Å². The lowest BCUT2D eigenvalue weighted by Gasteiger charge is -2.23. The van der Waals surface area contributed by atoms with Crippen molar-refractivity contribution in [3.8, 4) is 6.07 Å². The number of carboxylic acids is 1. The zero-order valence-corrected chi connectivity index (χ0v) is 14.6. The van der Waals surface area contributed by atoms with Crippen LogP contribution in [0.1, 0.15) is 48.1 Å². The number of aliphatic carboxylic acids is 1. The van der Waals surface area contributed by atoms with Crippen molar-refractivity contribution in [2.45, 2.75) is 57.2 Å². The topological polar surface area (TPSA) is 99.4 Å². The summed E-state index contributed by atoms with van der Waals surface area (Å²) in [5.74, 6) is -2.77. The van der Waals surface area contributed by atoms with E-state index < -0.39 is 17.8 Å². The van der Waals surface area contributed by atoms with Gasteiger partial charge in [-0.3, -0.25) is 9.59 Å². The summed E-state index contributed by atoms with van der Waals surface area (Å²) >= 11 is 1.47. The molecule has 2 aliphatic heterocycles. The summed E-state index contributed by atoms with van der Waals surface area (Å²) in [5, 5.41) is 22.5. The van der Waals surface area contributed by atoms with E-state index in [1.54, 1.807) is 0 Å². The van der Waals surface area contributed by atoms with Crippen LogP contribution in [0.15, 0.2) is 0 Å². The molecule has 0 aromatic carbocycles. The van der Waals surface area contributed by atoms with E-state index in [4.69, 9.17) is 4.74 Å². The minimum absolute atomic E-state index is 0.325. The van der Waals surface area contributed by atoms with Crippen molar-refractivity contribution in [3.63, 3.8) is 0 Å². The Kier molecular flexibility index (Phi) is 4.26. The van der Waals surface area contributed by atoms with Crippen LogP contribution in [0.3, 0.4) is 0 Å². The molecule has 6 nitrogen and oxygen atoms in total. The average Bonchev–Trinajstić information content (AvgIpc) is 3.23. The van der Waals surface area contributed by atoms with Crippen molar-refractivity contribution in [2.24, 2.45) is 11.8 Å². The molecule has 1 aliphatic carbocycles. The molecule has 3 heterocycles. The summed E-state index contributed by atoms with van der Waals surface area (Å²) in [5.41, 5.74) is 1.63. The summed E-state index contributed by atoms with van der Waals surface area (Å²) < 4.78 is 5.67. The van der Waals surface area contributed by atoms with Crippen LogP contribution >= 0.6 is 11.3 Å². The van der Waals surface area contributed by atoms with E-state index in [2.05, 4.69) is 11.4 Å². The van der Waals surface area contributed by atoms with Gasteiger partial charge < -0.3 is 15.2 Å². The Morgan fingerprint density at radius 2 is 1.88 bits per heavy atom. The highest BCUT2D eigenvalue weighted by molar-refractivity contribution is 7.16. The number of anilines is 1. The third kappa shape index (κ3) is 2.74. The van der Waals surface area contributed by atoms with E-state index in [1.807, 2.05) is 0 Å². The van der Waals surface area contributed by atoms with E-state index in [0.29, 0.717) is 17.0 Å². The van der Waals surface area contributed by atoms with E-state index in [9.17, 15) is 20.0 Å². The molecule has 2 N–H and O–H groups in total. The van der Waals surface area contributed by atoms with Crippen LogP contribution in [0.25, 0.3) is 0 Å². The Morgan fingerprint density at radius 3 is 2.60 bits per heavy atom. The second kappa shape index (κ2) is 6.43. The van der Waals surface area contributed by atoms with Crippen molar-refractivity contribution in [2.75, 3.05) is 5.32 Å². The molecule has 0 unspecified atom stereocenters. The van der Waals surface area contributed by atoms with Gasteiger partial charge in [-0.15, -0.1) is 11.3 Å². The van der Waals surface area contributed by atoms with Gasteiger partial charge in [0.15, 0.2) is 0 Å². The summed E-state index contributed by atoms with van der Waals surface area (Å²) in [4.78, 5) is 25.6. The number of rotatable bonds is 3. The molecule has 3 aliphatic rings. The van der Waals surface area contributed by atoms with Crippen LogP contribution in [0.5, 0.6) is 0 Å². The maximum atomic E-state index is 12.8. The first kappa shape index (κ1) is 16.6. The lowest BCUT2D eigenvalue weighted by molar-refractivity contribution is -0.147. The molecule has 1 aromatic heterocycles. The number of hydrogen-bond donors (Lipinski definition) is 2. The zero-order valence-electron chi connectivity index (χ0n) is 13.8. The molecule has 0 radical (unpaired) electrons. The molecule has 1 aromatic rings. The number of fused-ring (bicyclic) bond motifs is 3. The number of hydrogen-bond acceptors (Lipinski definition) is 5. The number of nitrogens with one attached hydrogen (secondary N) is 1. The maximum absolute atomic E-state index is 12.8. The number of aryl methyl sites for hydroxylation is 1.